The molecule has 2 atom stereocenters. The van der Waals surface area contributed by atoms with Crippen molar-refractivity contribution in [3.63, 3.8) is 0 Å². The number of rotatable bonds is 5. The monoisotopic (exact) mass is 311 g/mol. The van der Waals surface area contributed by atoms with Gasteiger partial charge in [-0.1, -0.05) is 18.5 Å². The molecule has 0 spiro atoms. The van der Waals surface area contributed by atoms with Gasteiger partial charge in [-0.3, -0.25) is 9.80 Å². The van der Waals surface area contributed by atoms with Crippen molar-refractivity contribution in [2.75, 3.05) is 39.3 Å². The van der Waals surface area contributed by atoms with E-state index in [-0.39, 0.29) is 11.9 Å². The van der Waals surface area contributed by atoms with Gasteiger partial charge in [0, 0.05) is 43.8 Å². The van der Waals surface area contributed by atoms with Crippen LogP contribution in [0.25, 0.3) is 0 Å². The normalized spacial score (nSPS) is 29.6. The number of hydrogen-bond donors (Lipinski definition) is 1. The van der Waals surface area contributed by atoms with Crippen LogP contribution >= 0.6 is 11.6 Å². The zero-order chi connectivity index (χ0) is 14.8. The van der Waals surface area contributed by atoms with Gasteiger partial charge in [0.15, 0.2) is 0 Å². The van der Waals surface area contributed by atoms with Gasteiger partial charge in [0.2, 0.25) is 0 Å². The van der Waals surface area contributed by atoms with E-state index in [1.54, 1.807) is 12.1 Å². The fourth-order valence-corrected chi connectivity index (χ4v) is 3.71. The lowest BCUT2D eigenvalue weighted by atomic mass is 9.93. The summed E-state index contributed by atoms with van der Waals surface area (Å²) < 4.78 is 13.7. The minimum atomic E-state index is -0.214. The molecule has 3 nitrogen and oxygen atoms in total. The van der Waals surface area contributed by atoms with Gasteiger partial charge in [0.25, 0.3) is 0 Å². The Labute approximate surface area is 131 Å². The lowest BCUT2D eigenvalue weighted by Crippen LogP contribution is -2.64. The Kier molecular flexibility index (Phi) is 4.79. The van der Waals surface area contributed by atoms with Crippen molar-refractivity contribution in [1.29, 1.82) is 0 Å². The first-order chi connectivity index (χ1) is 10.2. The van der Waals surface area contributed by atoms with Gasteiger partial charge in [0.05, 0.1) is 6.04 Å². The summed E-state index contributed by atoms with van der Waals surface area (Å²) in [5.41, 5.74) is 0.892. The topological polar surface area (TPSA) is 18.5 Å². The van der Waals surface area contributed by atoms with Gasteiger partial charge < -0.3 is 5.32 Å². The molecule has 0 amide bonds. The quantitative estimate of drug-likeness (QED) is 0.901. The molecule has 3 saturated heterocycles. The Morgan fingerprint density at radius 3 is 2.71 bits per heavy atom. The van der Waals surface area contributed by atoms with Crippen molar-refractivity contribution in [2.24, 2.45) is 0 Å². The average molecular weight is 312 g/mol. The predicted molar refractivity (Wildman–Crippen MR) is 84.2 cm³/mol. The molecule has 116 valence electrons. The van der Waals surface area contributed by atoms with Gasteiger partial charge in [-0.05, 0) is 36.7 Å². The Hall–Kier alpha value is -0.680. The SMILES string of the molecule is CCCNC(c1cc(F)ccc1Cl)C1CN2CCN1CC2. The van der Waals surface area contributed by atoms with Crippen molar-refractivity contribution in [3.8, 4) is 0 Å². The Morgan fingerprint density at radius 2 is 2.10 bits per heavy atom. The highest BCUT2D eigenvalue weighted by Gasteiger charge is 2.37. The third-order valence-corrected chi connectivity index (χ3v) is 4.96. The fourth-order valence-electron chi connectivity index (χ4n) is 3.48. The highest BCUT2D eigenvalue weighted by atomic mass is 35.5. The van der Waals surface area contributed by atoms with E-state index in [0.717, 1.165) is 51.3 Å². The molecule has 1 N–H and O–H groups in total. The number of benzene rings is 1. The average Bonchev–Trinajstić information content (AvgIpc) is 2.52. The van der Waals surface area contributed by atoms with Crippen molar-refractivity contribution < 1.29 is 4.39 Å². The van der Waals surface area contributed by atoms with Crippen LogP contribution in [0.3, 0.4) is 0 Å². The predicted octanol–water partition coefficient (Wildman–Crippen LogP) is 2.52. The van der Waals surface area contributed by atoms with Gasteiger partial charge in [-0.15, -0.1) is 0 Å². The van der Waals surface area contributed by atoms with E-state index in [0.29, 0.717) is 11.1 Å². The molecule has 2 bridgehead atoms. The van der Waals surface area contributed by atoms with Crippen molar-refractivity contribution >= 4 is 11.6 Å². The van der Waals surface area contributed by atoms with Crippen molar-refractivity contribution in [2.45, 2.75) is 25.4 Å². The summed E-state index contributed by atoms with van der Waals surface area (Å²) in [4.78, 5) is 5.02. The van der Waals surface area contributed by atoms with Crippen molar-refractivity contribution in [1.82, 2.24) is 15.1 Å². The third-order valence-electron chi connectivity index (χ3n) is 4.61. The molecule has 3 fully saturated rings. The van der Waals surface area contributed by atoms with Crippen LogP contribution in [0.15, 0.2) is 18.2 Å². The molecule has 3 heterocycles. The molecule has 21 heavy (non-hydrogen) atoms. The number of halogens is 2. The highest BCUT2D eigenvalue weighted by Crippen LogP contribution is 2.31. The molecular formula is C16H23ClFN3. The van der Waals surface area contributed by atoms with Crippen LogP contribution in [0.4, 0.5) is 4.39 Å². The molecule has 3 aliphatic rings. The smallest absolute Gasteiger partial charge is 0.123 e. The molecule has 0 aliphatic carbocycles. The number of piperazine rings is 3. The van der Waals surface area contributed by atoms with Crippen LogP contribution in [0.5, 0.6) is 0 Å². The highest BCUT2D eigenvalue weighted by molar-refractivity contribution is 6.31. The lowest BCUT2D eigenvalue weighted by molar-refractivity contribution is -0.00366. The fraction of sp³-hybridized carbons (Fsp3) is 0.625. The van der Waals surface area contributed by atoms with E-state index in [4.69, 9.17) is 11.6 Å². The maximum absolute atomic E-state index is 13.7. The first-order valence-electron chi connectivity index (χ1n) is 7.83. The number of hydrogen-bond acceptors (Lipinski definition) is 3. The first kappa shape index (κ1) is 15.2. The molecule has 4 rings (SSSR count). The molecule has 0 aromatic heterocycles. The molecule has 5 heteroatoms. The lowest BCUT2D eigenvalue weighted by Gasteiger charge is -2.50. The molecule has 1 aromatic carbocycles. The first-order valence-corrected chi connectivity index (χ1v) is 8.21. The van der Waals surface area contributed by atoms with Crippen LogP contribution in [0, 0.1) is 5.82 Å². The zero-order valence-corrected chi connectivity index (χ0v) is 13.2. The van der Waals surface area contributed by atoms with Crippen LogP contribution in [-0.4, -0.2) is 55.1 Å². The Morgan fingerprint density at radius 1 is 1.33 bits per heavy atom. The maximum Gasteiger partial charge on any atom is 0.123 e. The van der Waals surface area contributed by atoms with Crippen LogP contribution in [0.2, 0.25) is 5.02 Å². The second-order valence-electron chi connectivity index (χ2n) is 6.00. The van der Waals surface area contributed by atoms with E-state index in [2.05, 4.69) is 22.0 Å². The molecule has 1 aromatic rings. The van der Waals surface area contributed by atoms with Gasteiger partial charge >= 0.3 is 0 Å². The summed E-state index contributed by atoms with van der Waals surface area (Å²) in [5.74, 6) is -0.214. The maximum atomic E-state index is 13.7. The summed E-state index contributed by atoms with van der Waals surface area (Å²) >= 11 is 6.35. The second-order valence-corrected chi connectivity index (χ2v) is 6.41. The summed E-state index contributed by atoms with van der Waals surface area (Å²) in [5, 5.41) is 4.24. The largest absolute Gasteiger partial charge is 0.309 e. The molecule has 3 aliphatic heterocycles. The summed E-state index contributed by atoms with van der Waals surface area (Å²) in [7, 11) is 0. The minimum Gasteiger partial charge on any atom is -0.309 e. The van der Waals surface area contributed by atoms with E-state index >= 15 is 0 Å². The Bertz CT molecular complexity index is 488. The number of nitrogens with one attached hydrogen (secondary N) is 1. The summed E-state index contributed by atoms with van der Waals surface area (Å²) in [6, 6.07) is 5.16. The number of nitrogens with zero attached hydrogens (tertiary/aromatic N) is 2. The zero-order valence-electron chi connectivity index (χ0n) is 12.5. The van der Waals surface area contributed by atoms with Gasteiger partial charge in [0.1, 0.15) is 5.82 Å². The van der Waals surface area contributed by atoms with Crippen LogP contribution < -0.4 is 5.32 Å². The van der Waals surface area contributed by atoms with Crippen LogP contribution in [0.1, 0.15) is 24.9 Å². The van der Waals surface area contributed by atoms with Crippen LogP contribution in [-0.2, 0) is 0 Å². The molecular weight excluding hydrogens is 289 g/mol. The van der Waals surface area contributed by atoms with E-state index in [1.165, 1.54) is 6.07 Å². The summed E-state index contributed by atoms with van der Waals surface area (Å²) in [6.45, 7) is 8.59. The third kappa shape index (κ3) is 3.24. The van der Waals surface area contributed by atoms with Gasteiger partial charge in [-0.25, -0.2) is 4.39 Å². The Balaban J connectivity index is 1.88. The van der Waals surface area contributed by atoms with E-state index < -0.39 is 0 Å². The molecule has 2 unspecified atom stereocenters. The van der Waals surface area contributed by atoms with Crippen molar-refractivity contribution in [3.05, 3.63) is 34.6 Å². The minimum absolute atomic E-state index is 0.0937. The van der Waals surface area contributed by atoms with Gasteiger partial charge in [-0.2, -0.15) is 0 Å². The molecule has 0 radical (unpaired) electrons. The summed E-state index contributed by atoms with van der Waals surface area (Å²) in [6.07, 6.45) is 1.06. The van der Waals surface area contributed by atoms with E-state index in [9.17, 15) is 4.39 Å². The molecule has 0 saturated carbocycles. The standard InChI is InChI=1S/C16H23ClFN3/c1-2-5-19-16(13-10-12(18)3-4-14(13)17)15-11-20-6-8-21(15)9-7-20/h3-4,10,15-16,19H,2,5-9,11H2,1H3. The second kappa shape index (κ2) is 6.61. The van der Waals surface area contributed by atoms with E-state index in [1.807, 2.05) is 0 Å². The number of fused-ring (bicyclic) bond motifs is 3.